The lowest BCUT2D eigenvalue weighted by Gasteiger charge is -2.20. The van der Waals surface area contributed by atoms with Gasteiger partial charge in [-0.05, 0) is 6.07 Å². The molecule has 1 aliphatic heterocycles. The van der Waals surface area contributed by atoms with Crippen LogP contribution < -0.4 is 0 Å². The van der Waals surface area contributed by atoms with Crippen LogP contribution in [0.5, 0.6) is 0 Å². The number of H-pyrrole nitrogens is 1. The molecule has 1 atom stereocenters. The summed E-state index contributed by atoms with van der Waals surface area (Å²) in [5.74, 6) is -1.60. The van der Waals surface area contributed by atoms with Crippen LogP contribution in [0, 0.1) is 5.82 Å². The van der Waals surface area contributed by atoms with Crippen molar-refractivity contribution in [2.75, 3.05) is 19.8 Å². The number of ether oxygens (including phenoxy) is 2. The van der Waals surface area contributed by atoms with E-state index in [1.165, 1.54) is 6.07 Å². The number of carbonyl (C=O) groups is 1. The lowest BCUT2D eigenvalue weighted by Crippen LogP contribution is -2.22. The lowest BCUT2D eigenvalue weighted by atomic mass is 10.2. The first-order valence-corrected chi connectivity index (χ1v) is 5.77. The predicted molar refractivity (Wildman–Crippen MR) is 62.5 cm³/mol. The summed E-state index contributed by atoms with van der Waals surface area (Å²) >= 11 is 0. The first kappa shape index (κ1) is 12.1. The molecule has 1 fully saturated rings. The maximum absolute atomic E-state index is 13.5. The fourth-order valence-corrected chi connectivity index (χ4v) is 2.01. The Kier molecular flexibility index (Phi) is 2.92. The third-order valence-corrected chi connectivity index (χ3v) is 2.94. The molecule has 0 bridgehead atoms. The number of fused-ring (bicyclic) bond motifs is 1. The van der Waals surface area contributed by atoms with Crippen molar-refractivity contribution in [2.45, 2.75) is 6.10 Å². The Balaban J connectivity index is 2.02. The van der Waals surface area contributed by atoms with Gasteiger partial charge >= 0.3 is 5.97 Å². The number of nitrogens with zero attached hydrogens (tertiary/aromatic N) is 1. The molecule has 1 aliphatic rings. The Labute approximate surface area is 107 Å². The van der Waals surface area contributed by atoms with Gasteiger partial charge in [-0.2, -0.15) is 0 Å². The third-order valence-electron chi connectivity index (χ3n) is 2.94. The van der Waals surface area contributed by atoms with Crippen LogP contribution in [-0.4, -0.2) is 40.9 Å². The first-order chi connectivity index (χ1) is 9.15. The zero-order valence-electron chi connectivity index (χ0n) is 9.85. The highest BCUT2D eigenvalue weighted by Crippen LogP contribution is 2.23. The summed E-state index contributed by atoms with van der Waals surface area (Å²) in [5, 5.41) is 8.86. The Morgan fingerprint density at radius 3 is 3.00 bits per heavy atom. The molecule has 6 nitrogen and oxygen atoms in total. The van der Waals surface area contributed by atoms with Crippen LogP contribution in [0.4, 0.5) is 4.39 Å². The van der Waals surface area contributed by atoms with Gasteiger partial charge in [0.15, 0.2) is 0 Å². The van der Waals surface area contributed by atoms with Gasteiger partial charge in [-0.1, -0.05) is 0 Å². The number of hydrogen-bond acceptors (Lipinski definition) is 4. The summed E-state index contributed by atoms with van der Waals surface area (Å²) in [7, 11) is 0. The molecule has 2 N–H and O–H groups in total. The van der Waals surface area contributed by atoms with E-state index in [-0.39, 0.29) is 6.10 Å². The van der Waals surface area contributed by atoms with Gasteiger partial charge < -0.3 is 19.6 Å². The molecule has 0 spiro atoms. The number of aromatic nitrogens is 2. The molecule has 2 heterocycles. The SMILES string of the molecule is O=C(O)c1cc2nc(C3COCCO3)[nH]c2cc1F. The highest BCUT2D eigenvalue weighted by molar-refractivity contribution is 5.92. The second-order valence-corrected chi connectivity index (χ2v) is 4.21. The number of aromatic amines is 1. The van der Waals surface area contributed by atoms with Gasteiger partial charge in [-0.15, -0.1) is 0 Å². The molecule has 3 rings (SSSR count). The minimum absolute atomic E-state index is 0.336. The highest BCUT2D eigenvalue weighted by atomic mass is 19.1. The molecule has 0 saturated carbocycles. The average molecular weight is 266 g/mol. The highest BCUT2D eigenvalue weighted by Gasteiger charge is 2.21. The fraction of sp³-hybridized carbons (Fsp3) is 0.333. The van der Waals surface area contributed by atoms with Gasteiger partial charge in [0.2, 0.25) is 0 Å². The van der Waals surface area contributed by atoms with Crippen molar-refractivity contribution in [2.24, 2.45) is 0 Å². The standard InChI is InChI=1S/C12H11FN2O4/c13-7-4-9-8(3-6(7)12(16)17)14-11(15-9)10-5-18-1-2-19-10/h3-4,10H,1-2,5H2,(H,14,15)(H,16,17). The molecular weight excluding hydrogens is 255 g/mol. The van der Waals surface area contributed by atoms with E-state index in [1.807, 2.05) is 0 Å². The van der Waals surface area contributed by atoms with E-state index in [4.69, 9.17) is 14.6 Å². The van der Waals surface area contributed by atoms with E-state index in [0.717, 1.165) is 6.07 Å². The predicted octanol–water partition coefficient (Wildman–Crippen LogP) is 1.49. The molecule has 0 radical (unpaired) electrons. The lowest BCUT2D eigenvalue weighted by molar-refractivity contribution is -0.0931. The zero-order chi connectivity index (χ0) is 13.4. The van der Waals surface area contributed by atoms with E-state index in [9.17, 15) is 9.18 Å². The molecule has 0 aliphatic carbocycles. The largest absolute Gasteiger partial charge is 0.478 e. The van der Waals surface area contributed by atoms with Crippen LogP contribution in [0.15, 0.2) is 12.1 Å². The molecule has 19 heavy (non-hydrogen) atoms. The zero-order valence-corrected chi connectivity index (χ0v) is 9.85. The van der Waals surface area contributed by atoms with Crippen LogP contribution in [0.25, 0.3) is 11.0 Å². The first-order valence-electron chi connectivity index (χ1n) is 5.77. The fourth-order valence-electron chi connectivity index (χ4n) is 2.01. The summed E-state index contributed by atoms with van der Waals surface area (Å²) in [5.41, 5.74) is 0.431. The summed E-state index contributed by atoms with van der Waals surface area (Å²) in [6.07, 6.45) is -0.336. The van der Waals surface area contributed by atoms with Crippen molar-refractivity contribution in [3.8, 4) is 0 Å². The molecule has 100 valence electrons. The molecule has 1 aromatic carbocycles. The van der Waals surface area contributed by atoms with E-state index >= 15 is 0 Å². The van der Waals surface area contributed by atoms with Gasteiger partial charge in [0.05, 0.1) is 36.4 Å². The normalized spacial score (nSPS) is 19.7. The van der Waals surface area contributed by atoms with Crippen molar-refractivity contribution >= 4 is 17.0 Å². The number of halogens is 1. The van der Waals surface area contributed by atoms with Crippen LogP contribution >= 0.6 is 0 Å². The smallest absolute Gasteiger partial charge is 0.338 e. The van der Waals surface area contributed by atoms with E-state index in [1.54, 1.807) is 0 Å². The number of rotatable bonds is 2. The second kappa shape index (κ2) is 4.60. The summed E-state index contributed by atoms with van der Waals surface area (Å²) < 4.78 is 24.3. The van der Waals surface area contributed by atoms with Gasteiger partial charge in [-0.3, -0.25) is 0 Å². The molecule has 1 saturated heterocycles. The monoisotopic (exact) mass is 266 g/mol. The van der Waals surface area contributed by atoms with Gasteiger partial charge in [0, 0.05) is 6.07 Å². The van der Waals surface area contributed by atoms with Crippen molar-refractivity contribution in [3.63, 3.8) is 0 Å². The number of carboxylic acid groups (broad SMARTS) is 1. The number of hydrogen-bond donors (Lipinski definition) is 2. The van der Waals surface area contributed by atoms with Crippen LogP contribution in [0.1, 0.15) is 22.3 Å². The van der Waals surface area contributed by atoms with Crippen molar-refractivity contribution < 1.29 is 23.8 Å². The molecule has 0 amide bonds. The topological polar surface area (TPSA) is 84.4 Å². The van der Waals surface area contributed by atoms with Gasteiger partial charge in [-0.25, -0.2) is 14.2 Å². The van der Waals surface area contributed by atoms with Crippen LogP contribution in [0.2, 0.25) is 0 Å². The maximum Gasteiger partial charge on any atom is 0.338 e. The maximum atomic E-state index is 13.5. The summed E-state index contributed by atoms with van der Waals surface area (Å²) in [4.78, 5) is 18.0. The minimum atomic E-state index is -1.32. The molecule has 1 aromatic heterocycles. The average Bonchev–Trinajstić information content (AvgIpc) is 2.81. The van der Waals surface area contributed by atoms with Crippen LogP contribution in [-0.2, 0) is 9.47 Å². The summed E-state index contributed by atoms with van der Waals surface area (Å²) in [6.45, 7) is 1.37. The van der Waals surface area contributed by atoms with Crippen molar-refractivity contribution in [3.05, 3.63) is 29.3 Å². The number of benzene rings is 1. The van der Waals surface area contributed by atoms with E-state index in [2.05, 4.69) is 9.97 Å². The summed E-state index contributed by atoms with van der Waals surface area (Å²) in [6, 6.07) is 2.33. The Bertz CT molecular complexity index is 634. The van der Waals surface area contributed by atoms with E-state index < -0.39 is 17.3 Å². The third kappa shape index (κ3) is 2.18. The number of imidazole rings is 1. The minimum Gasteiger partial charge on any atom is -0.478 e. The van der Waals surface area contributed by atoms with E-state index in [0.29, 0.717) is 36.7 Å². The molecule has 1 unspecified atom stereocenters. The van der Waals surface area contributed by atoms with Crippen molar-refractivity contribution in [1.29, 1.82) is 0 Å². The second-order valence-electron chi connectivity index (χ2n) is 4.21. The number of nitrogens with one attached hydrogen (secondary N) is 1. The number of aromatic carboxylic acids is 1. The Hall–Kier alpha value is -1.99. The van der Waals surface area contributed by atoms with Gasteiger partial charge in [0.25, 0.3) is 0 Å². The molecular formula is C12H11FN2O4. The Morgan fingerprint density at radius 2 is 2.32 bits per heavy atom. The Morgan fingerprint density at radius 1 is 1.47 bits per heavy atom. The molecule has 7 heteroatoms. The van der Waals surface area contributed by atoms with Gasteiger partial charge in [0.1, 0.15) is 17.7 Å². The van der Waals surface area contributed by atoms with Crippen LogP contribution in [0.3, 0.4) is 0 Å². The molecule has 2 aromatic rings. The quantitative estimate of drug-likeness (QED) is 0.860. The number of carboxylic acids is 1. The van der Waals surface area contributed by atoms with Crippen molar-refractivity contribution in [1.82, 2.24) is 9.97 Å².